The fourth-order valence-electron chi connectivity index (χ4n) is 1.48. The van der Waals surface area contributed by atoms with Gasteiger partial charge in [-0.15, -0.1) is 0 Å². The Morgan fingerprint density at radius 3 is 3.00 bits per heavy atom. The second-order valence-electron chi connectivity index (χ2n) is 3.96. The highest BCUT2D eigenvalue weighted by atomic mass is 16.5. The first kappa shape index (κ1) is 14.0. The van der Waals surface area contributed by atoms with E-state index in [1.165, 1.54) is 5.56 Å². The minimum atomic E-state index is -0.508. The molecule has 0 aliphatic carbocycles. The van der Waals surface area contributed by atoms with Crippen LogP contribution in [0, 0.1) is 0 Å². The number of rotatable bonds is 8. The van der Waals surface area contributed by atoms with Crippen molar-refractivity contribution in [1.82, 2.24) is 5.32 Å². The van der Waals surface area contributed by atoms with E-state index >= 15 is 0 Å². The van der Waals surface area contributed by atoms with Gasteiger partial charge in [-0.05, 0) is 24.1 Å². The van der Waals surface area contributed by atoms with Crippen LogP contribution in [0.2, 0.25) is 0 Å². The van der Waals surface area contributed by atoms with Gasteiger partial charge in [-0.3, -0.25) is 0 Å². The molecule has 4 nitrogen and oxygen atoms in total. The summed E-state index contributed by atoms with van der Waals surface area (Å²) in [4.78, 5) is 0. The molecule has 17 heavy (non-hydrogen) atoms. The maximum atomic E-state index is 9.64. The van der Waals surface area contributed by atoms with Crippen LogP contribution in [-0.4, -0.2) is 37.5 Å². The molecule has 0 aliphatic rings. The summed E-state index contributed by atoms with van der Waals surface area (Å²) >= 11 is 0. The Labute approximate surface area is 103 Å². The molecule has 96 valence electrons. The molecule has 1 atom stereocenters. The third-order valence-electron chi connectivity index (χ3n) is 2.45. The zero-order valence-corrected chi connectivity index (χ0v) is 10.4. The van der Waals surface area contributed by atoms with Gasteiger partial charge in [0.05, 0.1) is 0 Å². The summed E-state index contributed by atoms with van der Waals surface area (Å²) in [5.41, 5.74) is 6.57. The third kappa shape index (κ3) is 5.68. The van der Waals surface area contributed by atoms with Crippen LogP contribution in [0.15, 0.2) is 24.3 Å². The molecule has 0 saturated heterocycles. The smallest absolute Gasteiger partial charge is 0.119 e. The average Bonchev–Trinajstić information content (AvgIpc) is 2.37. The van der Waals surface area contributed by atoms with Crippen molar-refractivity contribution < 1.29 is 9.84 Å². The van der Waals surface area contributed by atoms with E-state index in [1.54, 1.807) is 0 Å². The highest BCUT2D eigenvalue weighted by Gasteiger charge is 2.04. The molecule has 0 aromatic heterocycles. The lowest BCUT2D eigenvalue weighted by molar-refractivity contribution is 0.107. The van der Waals surface area contributed by atoms with Gasteiger partial charge in [-0.2, -0.15) is 0 Å². The SMILES string of the molecule is CCc1cccc(OCC(O)CNCCN)c1. The van der Waals surface area contributed by atoms with Crippen LogP contribution in [-0.2, 0) is 6.42 Å². The molecule has 1 rings (SSSR count). The van der Waals surface area contributed by atoms with Crippen molar-refractivity contribution in [1.29, 1.82) is 0 Å². The molecule has 0 fully saturated rings. The van der Waals surface area contributed by atoms with Crippen LogP contribution in [0.1, 0.15) is 12.5 Å². The standard InChI is InChI=1S/C13H22N2O2/c1-2-11-4-3-5-13(8-11)17-10-12(16)9-15-7-6-14/h3-5,8,12,15-16H,2,6-7,9-10,14H2,1H3. The van der Waals surface area contributed by atoms with E-state index in [2.05, 4.69) is 18.3 Å². The van der Waals surface area contributed by atoms with Gasteiger partial charge in [0, 0.05) is 19.6 Å². The normalized spacial score (nSPS) is 12.4. The number of aryl methyl sites for hydroxylation is 1. The van der Waals surface area contributed by atoms with Gasteiger partial charge in [0.15, 0.2) is 0 Å². The number of aliphatic hydroxyl groups is 1. The Morgan fingerprint density at radius 1 is 1.47 bits per heavy atom. The van der Waals surface area contributed by atoms with E-state index in [1.807, 2.05) is 18.2 Å². The Balaban J connectivity index is 2.28. The second kappa shape index (κ2) is 8.06. The number of nitrogens with one attached hydrogen (secondary N) is 1. The second-order valence-corrected chi connectivity index (χ2v) is 3.96. The molecular formula is C13H22N2O2. The van der Waals surface area contributed by atoms with E-state index in [9.17, 15) is 5.11 Å². The molecule has 0 saturated carbocycles. The molecule has 0 heterocycles. The van der Waals surface area contributed by atoms with Crippen LogP contribution in [0.4, 0.5) is 0 Å². The number of hydrogen-bond donors (Lipinski definition) is 3. The van der Waals surface area contributed by atoms with Crippen LogP contribution >= 0.6 is 0 Å². The van der Waals surface area contributed by atoms with Crippen LogP contribution in [0.3, 0.4) is 0 Å². The van der Waals surface area contributed by atoms with E-state index < -0.39 is 6.10 Å². The first-order chi connectivity index (χ1) is 8.26. The number of aliphatic hydroxyl groups excluding tert-OH is 1. The predicted octanol–water partition coefficient (Wildman–Crippen LogP) is 0.537. The highest BCUT2D eigenvalue weighted by Crippen LogP contribution is 2.13. The lowest BCUT2D eigenvalue weighted by atomic mass is 10.2. The predicted molar refractivity (Wildman–Crippen MR) is 69.2 cm³/mol. The maximum absolute atomic E-state index is 9.64. The first-order valence-electron chi connectivity index (χ1n) is 6.06. The molecule has 1 aromatic carbocycles. The topological polar surface area (TPSA) is 67.5 Å². The van der Waals surface area contributed by atoms with Crippen LogP contribution in [0.25, 0.3) is 0 Å². The minimum Gasteiger partial charge on any atom is -0.491 e. The minimum absolute atomic E-state index is 0.296. The Hall–Kier alpha value is -1.10. The van der Waals surface area contributed by atoms with Crippen LogP contribution < -0.4 is 15.8 Å². The molecule has 1 unspecified atom stereocenters. The highest BCUT2D eigenvalue weighted by molar-refractivity contribution is 5.28. The van der Waals surface area contributed by atoms with E-state index in [0.29, 0.717) is 26.2 Å². The van der Waals surface area contributed by atoms with Crippen molar-refractivity contribution in [2.24, 2.45) is 5.73 Å². The summed E-state index contributed by atoms with van der Waals surface area (Å²) in [6.45, 7) is 4.19. The van der Waals surface area contributed by atoms with Crippen LogP contribution in [0.5, 0.6) is 5.75 Å². The molecule has 0 aliphatic heterocycles. The fraction of sp³-hybridized carbons (Fsp3) is 0.538. The zero-order valence-electron chi connectivity index (χ0n) is 10.4. The molecule has 4 heteroatoms. The summed E-state index contributed by atoms with van der Waals surface area (Å²) in [6, 6.07) is 7.93. The van der Waals surface area contributed by atoms with Gasteiger partial charge in [-0.25, -0.2) is 0 Å². The van der Waals surface area contributed by atoms with Gasteiger partial charge in [0.2, 0.25) is 0 Å². The van der Waals surface area contributed by atoms with Gasteiger partial charge >= 0.3 is 0 Å². The molecule has 0 amide bonds. The lowest BCUT2D eigenvalue weighted by Crippen LogP contribution is -2.34. The molecular weight excluding hydrogens is 216 g/mol. The van der Waals surface area contributed by atoms with Crippen molar-refractivity contribution >= 4 is 0 Å². The summed E-state index contributed by atoms with van der Waals surface area (Å²) in [5.74, 6) is 0.808. The molecule has 0 spiro atoms. The van der Waals surface area contributed by atoms with Crippen molar-refractivity contribution in [3.05, 3.63) is 29.8 Å². The van der Waals surface area contributed by atoms with E-state index in [-0.39, 0.29) is 0 Å². The van der Waals surface area contributed by atoms with E-state index in [0.717, 1.165) is 12.2 Å². The zero-order chi connectivity index (χ0) is 12.5. The van der Waals surface area contributed by atoms with Crippen molar-refractivity contribution in [2.75, 3.05) is 26.2 Å². The quantitative estimate of drug-likeness (QED) is 0.578. The van der Waals surface area contributed by atoms with Gasteiger partial charge < -0.3 is 20.9 Å². The van der Waals surface area contributed by atoms with Crippen molar-refractivity contribution in [3.8, 4) is 5.75 Å². The average molecular weight is 238 g/mol. The Morgan fingerprint density at radius 2 is 2.29 bits per heavy atom. The van der Waals surface area contributed by atoms with Gasteiger partial charge in [0.1, 0.15) is 18.5 Å². The fourth-order valence-corrected chi connectivity index (χ4v) is 1.48. The summed E-state index contributed by atoms with van der Waals surface area (Å²) < 4.78 is 5.52. The largest absolute Gasteiger partial charge is 0.491 e. The molecule has 1 aromatic rings. The first-order valence-corrected chi connectivity index (χ1v) is 6.06. The Kier molecular flexibility index (Phi) is 6.62. The number of nitrogens with two attached hydrogens (primary N) is 1. The van der Waals surface area contributed by atoms with Gasteiger partial charge in [-0.1, -0.05) is 19.1 Å². The van der Waals surface area contributed by atoms with Gasteiger partial charge in [0.25, 0.3) is 0 Å². The summed E-state index contributed by atoms with van der Waals surface area (Å²) in [7, 11) is 0. The molecule has 4 N–H and O–H groups in total. The summed E-state index contributed by atoms with van der Waals surface area (Å²) in [6.07, 6.45) is 0.476. The monoisotopic (exact) mass is 238 g/mol. The number of ether oxygens (including phenoxy) is 1. The third-order valence-corrected chi connectivity index (χ3v) is 2.45. The lowest BCUT2D eigenvalue weighted by Gasteiger charge is -2.13. The van der Waals surface area contributed by atoms with Crippen molar-refractivity contribution in [3.63, 3.8) is 0 Å². The molecule has 0 bridgehead atoms. The Bertz CT molecular complexity index is 318. The number of hydrogen-bond acceptors (Lipinski definition) is 4. The molecule has 0 radical (unpaired) electrons. The van der Waals surface area contributed by atoms with Crippen molar-refractivity contribution in [2.45, 2.75) is 19.4 Å². The number of benzene rings is 1. The van der Waals surface area contributed by atoms with E-state index in [4.69, 9.17) is 10.5 Å². The summed E-state index contributed by atoms with van der Waals surface area (Å²) in [5, 5.41) is 12.7. The maximum Gasteiger partial charge on any atom is 0.119 e.